The first-order valence-electron chi connectivity index (χ1n) is 12.8. The first-order valence-corrected chi connectivity index (χ1v) is 12.8. The Morgan fingerprint density at radius 2 is 2.06 bits per heavy atom. The molecule has 36 heavy (non-hydrogen) atoms. The van der Waals surface area contributed by atoms with Crippen molar-refractivity contribution >= 4 is 5.91 Å². The number of ether oxygens (including phenoxy) is 1. The molecular formula is C29H38FN3O3. The molecule has 2 aromatic rings. The van der Waals surface area contributed by atoms with Crippen LogP contribution < -0.4 is 15.4 Å². The number of aliphatic hydroxyl groups is 1. The van der Waals surface area contributed by atoms with E-state index in [1.807, 2.05) is 6.20 Å². The molecule has 0 saturated heterocycles. The molecule has 3 atom stereocenters. The summed E-state index contributed by atoms with van der Waals surface area (Å²) in [5, 5.41) is 17.5. The zero-order chi connectivity index (χ0) is 25.9. The van der Waals surface area contributed by atoms with Crippen LogP contribution in [-0.2, 0) is 6.42 Å². The SMILES string of the molecule is C=CC[C@H](NC(=O)c1ccc(F)cc1)[C@H](O)CN[C@H]1CC2(CCC2)Oc2ncc(CC(C)(C)C)cc21. The highest BCUT2D eigenvalue weighted by atomic mass is 19.1. The van der Waals surface area contributed by atoms with Crippen LogP contribution in [0.15, 0.2) is 49.2 Å². The number of hydrogen-bond acceptors (Lipinski definition) is 5. The van der Waals surface area contributed by atoms with Crippen LogP contribution in [0.4, 0.5) is 4.39 Å². The fourth-order valence-corrected chi connectivity index (χ4v) is 5.10. The summed E-state index contributed by atoms with van der Waals surface area (Å²) in [5.41, 5.74) is 2.48. The van der Waals surface area contributed by atoms with E-state index in [2.05, 4.69) is 49.0 Å². The Labute approximate surface area is 213 Å². The second-order valence-electron chi connectivity index (χ2n) is 11.5. The van der Waals surface area contributed by atoms with E-state index >= 15 is 0 Å². The Morgan fingerprint density at radius 3 is 2.67 bits per heavy atom. The molecule has 1 fully saturated rings. The van der Waals surface area contributed by atoms with Crippen LogP contribution in [-0.4, -0.2) is 40.3 Å². The van der Waals surface area contributed by atoms with Gasteiger partial charge in [-0.2, -0.15) is 0 Å². The van der Waals surface area contributed by atoms with E-state index < -0.39 is 18.0 Å². The van der Waals surface area contributed by atoms with E-state index in [0.717, 1.165) is 43.2 Å². The Hall–Kier alpha value is -2.77. The maximum absolute atomic E-state index is 13.2. The number of fused-ring (bicyclic) bond motifs is 1. The molecule has 4 rings (SSSR count). The van der Waals surface area contributed by atoms with Gasteiger partial charge in [0.2, 0.25) is 5.88 Å². The average molecular weight is 496 g/mol. The van der Waals surface area contributed by atoms with Gasteiger partial charge in [-0.05, 0) is 73.4 Å². The van der Waals surface area contributed by atoms with Gasteiger partial charge in [0.25, 0.3) is 5.91 Å². The lowest BCUT2D eigenvalue weighted by molar-refractivity contribution is -0.0420. The first kappa shape index (κ1) is 26.3. The summed E-state index contributed by atoms with van der Waals surface area (Å²) in [7, 11) is 0. The number of hydrogen-bond donors (Lipinski definition) is 3. The standard InChI is InChI=1S/C29H38FN3O3/c1-5-7-23(33-26(35)20-8-10-21(30)11-9-20)25(34)18-31-24-16-29(12-6-13-29)36-27-22(24)14-19(17-32-27)15-28(2,3)4/h5,8-11,14,17,23-25,31,34H,1,6-7,12-13,15-16,18H2,2-4H3,(H,33,35)/t23-,24-,25+/m0/s1. The second-order valence-corrected chi connectivity index (χ2v) is 11.5. The van der Waals surface area contributed by atoms with Gasteiger partial charge >= 0.3 is 0 Å². The molecule has 0 radical (unpaired) electrons. The Kier molecular flexibility index (Phi) is 7.81. The third-order valence-corrected chi connectivity index (χ3v) is 7.08. The van der Waals surface area contributed by atoms with Crippen LogP contribution in [0.25, 0.3) is 0 Å². The van der Waals surface area contributed by atoms with Crippen LogP contribution in [0.3, 0.4) is 0 Å². The van der Waals surface area contributed by atoms with Crippen molar-refractivity contribution in [2.75, 3.05) is 6.54 Å². The minimum atomic E-state index is -0.846. The van der Waals surface area contributed by atoms with E-state index in [0.29, 0.717) is 17.9 Å². The van der Waals surface area contributed by atoms with Crippen molar-refractivity contribution in [3.05, 3.63) is 71.7 Å². The van der Waals surface area contributed by atoms with Crippen molar-refractivity contribution in [2.24, 2.45) is 5.41 Å². The van der Waals surface area contributed by atoms with Crippen LogP contribution in [0.1, 0.15) is 80.4 Å². The molecule has 1 aliphatic heterocycles. The molecule has 3 N–H and O–H groups in total. The number of carbonyl (C=O) groups is 1. The molecule has 6 nitrogen and oxygen atoms in total. The van der Waals surface area contributed by atoms with Crippen LogP contribution >= 0.6 is 0 Å². The maximum atomic E-state index is 13.2. The van der Waals surface area contributed by atoms with Crippen molar-refractivity contribution in [2.45, 2.75) is 83.1 Å². The normalized spacial score (nSPS) is 20.0. The second kappa shape index (κ2) is 10.7. The van der Waals surface area contributed by atoms with Gasteiger partial charge in [-0.25, -0.2) is 9.37 Å². The number of nitrogens with one attached hydrogen (secondary N) is 2. The maximum Gasteiger partial charge on any atom is 0.251 e. The number of benzene rings is 1. The van der Waals surface area contributed by atoms with Crippen molar-refractivity contribution < 1.29 is 19.0 Å². The molecule has 1 aliphatic carbocycles. The number of carbonyl (C=O) groups excluding carboxylic acids is 1. The van der Waals surface area contributed by atoms with E-state index in [1.54, 1.807) is 6.08 Å². The molecular weight excluding hydrogens is 457 g/mol. The fourth-order valence-electron chi connectivity index (χ4n) is 5.10. The highest BCUT2D eigenvalue weighted by Crippen LogP contribution is 2.48. The van der Waals surface area contributed by atoms with E-state index in [4.69, 9.17) is 4.74 Å². The predicted molar refractivity (Wildman–Crippen MR) is 138 cm³/mol. The van der Waals surface area contributed by atoms with Gasteiger partial charge in [-0.15, -0.1) is 6.58 Å². The van der Waals surface area contributed by atoms with Crippen LogP contribution in [0.5, 0.6) is 5.88 Å². The number of nitrogens with zero attached hydrogens (tertiary/aromatic N) is 1. The summed E-state index contributed by atoms with van der Waals surface area (Å²) in [5.74, 6) is -0.0841. The summed E-state index contributed by atoms with van der Waals surface area (Å²) in [6.45, 7) is 10.7. The van der Waals surface area contributed by atoms with E-state index in [-0.39, 0.29) is 29.5 Å². The first-order chi connectivity index (χ1) is 17.1. The van der Waals surface area contributed by atoms with Gasteiger partial charge in [-0.3, -0.25) is 4.79 Å². The summed E-state index contributed by atoms with van der Waals surface area (Å²) in [6.07, 6.45) is 8.03. The van der Waals surface area contributed by atoms with Gasteiger partial charge in [0.05, 0.1) is 12.1 Å². The molecule has 1 spiro atoms. The molecule has 7 heteroatoms. The van der Waals surface area contributed by atoms with E-state index in [1.165, 1.54) is 24.3 Å². The number of pyridine rings is 1. The molecule has 1 aromatic heterocycles. The molecule has 0 unspecified atom stereocenters. The third-order valence-electron chi connectivity index (χ3n) is 7.08. The zero-order valence-corrected chi connectivity index (χ0v) is 21.5. The van der Waals surface area contributed by atoms with Crippen molar-refractivity contribution in [3.63, 3.8) is 0 Å². The van der Waals surface area contributed by atoms with Gasteiger partial charge < -0.3 is 20.5 Å². The summed E-state index contributed by atoms with van der Waals surface area (Å²) < 4.78 is 19.6. The minimum Gasteiger partial charge on any atom is -0.471 e. The molecule has 1 saturated carbocycles. The quantitative estimate of drug-likeness (QED) is 0.432. The number of aliphatic hydroxyl groups excluding tert-OH is 1. The van der Waals surface area contributed by atoms with Crippen molar-refractivity contribution in [3.8, 4) is 5.88 Å². The van der Waals surface area contributed by atoms with Gasteiger partial charge in [-0.1, -0.05) is 26.8 Å². The number of rotatable bonds is 9. The fraction of sp³-hybridized carbons (Fsp3) is 0.517. The molecule has 1 aromatic carbocycles. The summed E-state index contributed by atoms with van der Waals surface area (Å²) >= 11 is 0. The lowest BCUT2D eigenvalue weighted by atomic mass is 9.73. The highest BCUT2D eigenvalue weighted by molar-refractivity contribution is 5.94. The van der Waals surface area contributed by atoms with E-state index in [9.17, 15) is 14.3 Å². The largest absolute Gasteiger partial charge is 0.471 e. The highest BCUT2D eigenvalue weighted by Gasteiger charge is 2.46. The number of aromatic nitrogens is 1. The Morgan fingerprint density at radius 1 is 1.33 bits per heavy atom. The van der Waals surface area contributed by atoms with Gasteiger partial charge in [0.1, 0.15) is 11.4 Å². The van der Waals surface area contributed by atoms with Gasteiger partial charge in [0, 0.05) is 36.3 Å². The van der Waals surface area contributed by atoms with Crippen molar-refractivity contribution in [1.29, 1.82) is 0 Å². The van der Waals surface area contributed by atoms with Crippen LogP contribution in [0, 0.1) is 11.2 Å². The van der Waals surface area contributed by atoms with Gasteiger partial charge in [0.15, 0.2) is 0 Å². The van der Waals surface area contributed by atoms with Crippen molar-refractivity contribution in [1.82, 2.24) is 15.6 Å². The van der Waals surface area contributed by atoms with Crippen LogP contribution in [0.2, 0.25) is 0 Å². The lowest BCUT2D eigenvalue weighted by Crippen LogP contribution is -2.52. The molecule has 194 valence electrons. The number of halogens is 1. The summed E-state index contributed by atoms with van der Waals surface area (Å²) in [6, 6.07) is 7.00. The molecule has 0 bridgehead atoms. The topological polar surface area (TPSA) is 83.5 Å². The lowest BCUT2D eigenvalue weighted by Gasteiger charge is -2.47. The predicted octanol–water partition coefficient (Wildman–Crippen LogP) is 4.88. The monoisotopic (exact) mass is 495 g/mol. The Bertz CT molecular complexity index is 1080. The third kappa shape index (κ3) is 6.31. The average Bonchev–Trinajstić information content (AvgIpc) is 2.80. The number of amides is 1. The minimum absolute atomic E-state index is 0.00620. The zero-order valence-electron chi connectivity index (χ0n) is 21.5. The molecule has 2 heterocycles. The molecule has 2 aliphatic rings. The summed E-state index contributed by atoms with van der Waals surface area (Å²) in [4.78, 5) is 17.4. The molecule has 1 amide bonds. The Balaban J connectivity index is 1.46. The smallest absolute Gasteiger partial charge is 0.251 e.